The number of alkyl halides is 1. The molecule has 4 unspecified atom stereocenters. The summed E-state index contributed by atoms with van der Waals surface area (Å²) in [5, 5.41) is 3.08. The van der Waals surface area contributed by atoms with E-state index in [9.17, 15) is 4.79 Å². The molecular formula is C15H20ClNO2. The molecular weight excluding hydrogens is 262 g/mol. The fourth-order valence-corrected chi connectivity index (χ4v) is 4.01. The van der Waals surface area contributed by atoms with Crippen LogP contribution in [-0.4, -0.2) is 11.9 Å². The standard InChI is InChI=1S/C15H20ClNO2/c1-9(13-7-10-2-3-11(13)6-10)17-15(18)14-5-4-12(8-16)19-14/h4-5,9-11,13H,2-3,6-8H2,1H3,(H,17,18). The van der Waals surface area contributed by atoms with Crippen LogP contribution in [0.15, 0.2) is 16.5 Å². The van der Waals surface area contributed by atoms with Crippen molar-refractivity contribution < 1.29 is 9.21 Å². The zero-order valence-electron chi connectivity index (χ0n) is 11.2. The number of carbonyl (C=O) groups is 1. The van der Waals surface area contributed by atoms with Gasteiger partial charge < -0.3 is 9.73 Å². The van der Waals surface area contributed by atoms with Crippen LogP contribution in [0.1, 0.15) is 48.9 Å². The van der Waals surface area contributed by atoms with Crippen molar-refractivity contribution in [3.05, 3.63) is 23.7 Å². The summed E-state index contributed by atoms with van der Waals surface area (Å²) in [4.78, 5) is 12.1. The summed E-state index contributed by atoms with van der Waals surface area (Å²) < 4.78 is 5.38. The molecule has 1 N–H and O–H groups in total. The van der Waals surface area contributed by atoms with Crippen molar-refractivity contribution in [3.63, 3.8) is 0 Å². The first kappa shape index (κ1) is 13.0. The van der Waals surface area contributed by atoms with Crippen LogP contribution in [0.5, 0.6) is 0 Å². The third kappa shape index (κ3) is 2.53. The van der Waals surface area contributed by atoms with Crippen LogP contribution in [0.4, 0.5) is 0 Å². The predicted octanol–water partition coefficient (Wildman–Crippen LogP) is 3.57. The topological polar surface area (TPSA) is 42.2 Å². The summed E-state index contributed by atoms with van der Waals surface area (Å²) in [7, 11) is 0. The number of halogens is 1. The van der Waals surface area contributed by atoms with E-state index >= 15 is 0 Å². The average molecular weight is 282 g/mol. The molecule has 1 amide bonds. The lowest BCUT2D eigenvalue weighted by Gasteiger charge is -2.28. The molecule has 2 saturated carbocycles. The lowest BCUT2D eigenvalue weighted by Crippen LogP contribution is -2.39. The highest BCUT2D eigenvalue weighted by Gasteiger charge is 2.42. The number of amides is 1. The van der Waals surface area contributed by atoms with Gasteiger partial charge in [0.25, 0.3) is 5.91 Å². The number of rotatable bonds is 4. The second-order valence-corrected chi connectivity index (χ2v) is 6.27. The highest BCUT2D eigenvalue weighted by atomic mass is 35.5. The van der Waals surface area contributed by atoms with Crippen molar-refractivity contribution in [3.8, 4) is 0 Å². The smallest absolute Gasteiger partial charge is 0.287 e. The Hall–Kier alpha value is -0.960. The second kappa shape index (κ2) is 5.20. The molecule has 4 heteroatoms. The molecule has 4 atom stereocenters. The van der Waals surface area contributed by atoms with E-state index in [-0.39, 0.29) is 11.9 Å². The van der Waals surface area contributed by atoms with Crippen molar-refractivity contribution in [1.82, 2.24) is 5.32 Å². The molecule has 0 aromatic carbocycles. The van der Waals surface area contributed by atoms with Crippen LogP contribution < -0.4 is 5.32 Å². The number of furan rings is 1. The molecule has 3 rings (SSSR count). The van der Waals surface area contributed by atoms with E-state index in [2.05, 4.69) is 12.2 Å². The molecule has 1 aromatic rings. The molecule has 2 bridgehead atoms. The number of nitrogens with one attached hydrogen (secondary N) is 1. The Labute approximate surface area is 118 Å². The van der Waals surface area contributed by atoms with Gasteiger partial charge in [-0.3, -0.25) is 4.79 Å². The average Bonchev–Trinajstić information content (AvgIpc) is 3.13. The van der Waals surface area contributed by atoms with Gasteiger partial charge in [0.1, 0.15) is 5.76 Å². The van der Waals surface area contributed by atoms with Crippen LogP contribution in [0.25, 0.3) is 0 Å². The summed E-state index contributed by atoms with van der Waals surface area (Å²) >= 11 is 5.67. The summed E-state index contributed by atoms with van der Waals surface area (Å²) in [6, 6.07) is 3.68. The lowest BCUT2D eigenvalue weighted by atomic mass is 9.84. The first-order valence-electron chi connectivity index (χ1n) is 7.13. The molecule has 104 valence electrons. The largest absolute Gasteiger partial charge is 0.455 e. The minimum Gasteiger partial charge on any atom is -0.455 e. The van der Waals surface area contributed by atoms with Gasteiger partial charge in [-0.2, -0.15) is 0 Å². The number of hydrogen-bond acceptors (Lipinski definition) is 2. The van der Waals surface area contributed by atoms with Crippen LogP contribution >= 0.6 is 11.6 Å². The third-order valence-corrected chi connectivity index (χ3v) is 5.07. The molecule has 1 heterocycles. The molecule has 2 aliphatic carbocycles. The van der Waals surface area contributed by atoms with Gasteiger partial charge in [-0.1, -0.05) is 6.42 Å². The number of hydrogen-bond donors (Lipinski definition) is 1. The maximum atomic E-state index is 12.1. The molecule has 0 saturated heterocycles. The molecule has 2 aliphatic rings. The van der Waals surface area contributed by atoms with Gasteiger partial charge in [0.15, 0.2) is 5.76 Å². The van der Waals surface area contributed by atoms with Gasteiger partial charge in [-0.25, -0.2) is 0 Å². The van der Waals surface area contributed by atoms with E-state index in [1.54, 1.807) is 12.1 Å². The van der Waals surface area contributed by atoms with Gasteiger partial charge in [0.05, 0.1) is 5.88 Å². The van der Waals surface area contributed by atoms with Crippen molar-refractivity contribution in [2.75, 3.05) is 0 Å². The zero-order chi connectivity index (χ0) is 13.4. The summed E-state index contributed by atoms with van der Waals surface area (Å²) in [6.07, 6.45) is 5.37. The molecule has 0 radical (unpaired) electrons. The summed E-state index contributed by atoms with van der Waals surface area (Å²) in [5.74, 6) is 3.55. The van der Waals surface area contributed by atoms with Crippen molar-refractivity contribution >= 4 is 17.5 Å². The Kier molecular flexibility index (Phi) is 3.57. The normalized spacial score (nSPS) is 30.5. The van der Waals surface area contributed by atoms with E-state index < -0.39 is 0 Å². The highest BCUT2D eigenvalue weighted by molar-refractivity contribution is 6.16. The van der Waals surface area contributed by atoms with Gasteiger partial charge in [0.2, 0.25) is 0 Å². The minimum atomic E-state index is -0.119. The molecule has 19 heavy (non-hydrogen) atoms. The van der Waals surface area contributed by atoms with Crippen LogP contribution in [0.2, 0.25) is 0 Å². The first-order valence-corrected chi connectivity index (χ1v) is 7.66. The SMILES string of the molecule is CC(NC(=O)c1ccc(CCl)o1)C1CC2CCC1C2. The summed E-state index contributed by atoms with van der Waals surface area (Å²) in [6.45, 7) is 2.12. The summed E-state index contributed by atoms with van der Waals surface area (Å²) in [5.41, 5.74) is 0. The second-order valence-electron chi connectivity index (χ2n) is 6.00. The van der Waals surface area contributed by atoms with Gasteiger partial charge >= 0.3 is 0 Å². The van der Waals surface area contributed by atoms with Gasteiger partial charge in [0, 0.05) is 6.04 Å². The Bertz CT molecular complexity index is 470. The van der Waals surface area contributed by atoms with Crippen molar-refractivity contribution in [2.45, 2.75) is 44.5 Å². The van der Waals surface area contributed by atoms with E-state index in [0.29, 0.717) is 23.3 Å². The van der Waals surface area contributed by atoms with E-state index in [4.69, 9.17) is 16.0 Å². The number of fused-ring (bicyclic) bond motifs is 2. The molecule has 0 aliphatic heterocycles. The minimum absolute atomic E-state index is 0.119. The fourth-order valence-electron chi connectivity index (χ4n) is 3.86. The van der Waals surface area contributed by atoms with Crippen LogP contribution in [0, 0.1) is 17.8 Å². The van der Waals surface area contributed by atoms with Crippen molar-refractivity contribution in [1.29, 1.82) is 0 Å². The predicted molar refractivity (Wildman–Crippen MR) is 74.1 cm³/mol. The maximum absolute atomic E-state index is 12.1. The quantitative estimate of drug-likeness (QED) is 0.857. The highest BCUT2D eigenvalue weighted by Crippen LogP contribution is 2.49. The molecule has 3 nitrogen and oxygen atoms in total. The lowest BCUT2D eigenvalue weighted by molar-refractivity contribution is 0.0885. The molecule has 0 spiro atoms. The van der Waals surface area contributed by atoms with Crippen molar-refractivity contribution in [2.24, 2.45) is 17.8 Å². The van der Waals surface area contributed by atoms with E-state index in [1.165, 1.54) is 25.7 Å². The fraction of sp³-hybridized carbons (Fsp3) is 0.667. The first-order chi connectivity index (χ1) is 9.17. The Morgan fingerprint density at radius 2 is 2.32 bits per heavy atom. The Morgan fingerprint density at radius 3 is 2.89 bits per heavy atom. The monoisotopic (exact) mass is 281 g/mol. The molecule has 2 fully saturated rings. The van der Waals surface area contributed by atoms with E-state index in [1.807, 2.05) is 0 Å². The van der Waals surface area contributed by atoms with Gasteiger partial charge in [-0.05, 0) is 56.1 Å². The van der Waals surface area contributed by atoms with Crippen LogP contribution in [-0.2, 0) is 5.88 Å². The Morgan fingerprint density at radius 1 is 1.47 bits per heavy atom. The molecule has 1 aromatic heterocycles. The van der Waals surface area contributed by atoms with Gasteiger partial charge in [-0.15, -0.1) is 11.6 Å². The number of carbonyl (C=O) groups excluding carboxylic acids is 1. The van der Waals surface area contributed by atoms with Crippen LogP contribution in [0.3, 0.4) is 0 Å². The maximum Gasteiger partial charge on any atom is 0.287 e. The van der Waals surface area contributed by atoms with E-state index in [0.717, 1.165) is 11.8 Å². The third-order valence-electron chi connectivity index (χ3n) is 4.81. The Balaban J connectivity index is 1.60. The zero-order valence-corrected chi connectivity index (χ0v) is 12.0.